The third-order valence-electron chi connectivity index (χ3n) is 5.09. The molecule has 0 radical (unpaired) electrons. The van der Waals surface area contributed by atoms with Crippen molar-refractivity contribution in [1.82, 2.24) is 4.90 Å². The van der Waals surface area contributed by atoms with Crippen LogP contribution in [0.15, 0.2) is 18.2 Å². The minimum Gasteiger partial charge on any atom is -0.492 e. The molecule has 144 valence electrons. The lowest BCUT2D eigenvalue weighted by Crippen LogP contribution is -2.36. The van der Waals surface area contributed by atoms with E-state index in [1.165, 1.54) is 11.3 Å². The van der Waals surface area contributed by atoms with Crippen molar-refractivity contribution >= 4 is 17.5 Å². The number of benzene rings is 1. The molecule has 1 aliphatic carbocycles. The Bertz CT molecular complexity index is 637. The molecule has 2 amide bonds. The molecule has 3 N–H and O–H groups in total. The van der Waals surface area contributed by atoms with Crippen LogP contribution in [0.25, 0.3) is 0 Å². The second-order valence-electron chi connectivity index (χ2n) is 7.33. The zero-order valence-electron chi connectivity index (χ0n) is 16.1. The zero-order valence-corrected chi connectivity index (χ0v) is 16.1. The quantitative estimate of drug-likeness (QED) is 0.782. The summed E-state index contributed by atoms with van der Waals surface area (Å²) in [6, 6.07) is 5.13. The molecule has 1 aromatic carbocycles. The number of carbonyl (C=O) groups is 2. The van der Waals surface area contributed by atoms with Crippen molar-refractivity contribution in [3.05, 3.63) is 23.8 Å². The van der Waals surface area contributed by atoms with Gasteiger partial charge in [0, 0.05) is 26.1 Å². The first-order valence-corrected chi connectivity index (χ1v) is 9.39. The van der Waals surface area contributed by atoms with Crippen molar-refractivity contribution in [3.63, 3.8) is 0 Å². The molecule has 0 aromatic heterocycles. The number of amides is 2. The van der Waals surface area contributed by atoms with E-state index in [1.807, 2.05) is 6.92 Å². The van der Waals surface area contributed by atoms with Gasteiger partial charge in [-0.25, -0.2) is 0 Å². The van der Waals surface area contributed by atoms with Crippen molar-refractivity contribution in [2.75, 3.05) is 32.6 Å². The van der Waals surface area contributed by atoms with E-state index >= 15 is 0 Å². The molecule has 1 aliphatic rings. The van der Waals surface area contributed by atoms with E-state index in [9.17, 15) is 9.59 Å². The summed E-state index contributed by atoms with van der Waals surface area (Å²) < 4.78 is 5.61. The minimum absolute atomic E-state index is 0.0762. The van der Waals surface area contributed by atoms with Gasteiger partial charge in [-0.15, -0.1) is 0 Å². The molecule has 0 heterocycles. The highest BCUT2D eigenvalue weighted by atomic mass is 16.5. The average molecular weight is 361 g/mol. The Kier molecular flexibility index (Phi) is 7.03. The number of rotatable bonds is 7. The first kappa shape index (κ1) is 20.2. The summed E-state index contributed by atoms with van der Waals surface area (Å²) >= 11 is 0. The molecule has 0 atom stereocenters. The topological polar surface area (TPSA) is 84.7 Å². The first-order valence-electron chi connectivity index (χ1n) is 9.39. The van der Waals surface area contributed by atoms with Crippen LogP contribution in [-0.4, -0.2) is 44.0 Å². The van der Waals surface area contributed by atoms with E-state index in [0.29, 0.717) is 36.6 Å². The minimum atomic E-state index is -0.116. The Balaban J connectivity index is 2.18. The van der Waals surface area contributed by atoms with Gasteiger partial charge in [0.25, 0.3) is 5.91 Å². The first-order chi connectivity index (χ1) is 12.4. The molecule has 0 aliphatic heterocycles. The number of nitrogens with one attached hydrogen (secondary N) is 1. The summed E-state index contributed by atoms with van der Waals surface area (Å²) in [4.78, 5) is 26.4. The summed E-state index contributed by atoms with van der Waals surface area (Å²) in [6.45, 7) is 2.89. The van der Waals surface area contributed by atoms with E-state index in [4.69, 9.17) is 10.5 Å². The van der Waals surface area contributed by atoms with Gasteiger partial charge in [0.2, 0.25) is 5.91 Å². The van der Waals surface area contributed by atoms with Crippen LogP contribution in [-0.2, 0) is 4.79 Å². The third-order valence-corrected chi connectivity index (χ3v) is 5.09. The fourth-order valence-corrected chi connectivity index (χ4v) is 3.59. The number of ether oxygens (including phenoxy) is 1. The summed E-state index contributed by atoms with van der Waals surface area (Å²) in [5, 5.41) is 2.95. The van der Waals surface area contributed by atoms with Crippen molar-refractivity contribution in [3.8, 4) is 5.75 Å². The van der Waals surface area contributed by atoms with Gasteiger partial charge in [0.1, 0.15) is 5.75 Å². The van der Waals surface area contributed by atoms with Gasteiger partial charge in [-0.1, -0.05) is 19.3 Å². The van der Waals surface area contributed by atoms with E-state index in [0.717, 1.165) is 25.7 Å². The Labute approximate surface area is 156 Å². The fraction of sp³-hybridized carbons (Fsp3) is 0.600. The van der Waals surface area contributed by atoms with Crippen LogP contribution in [0.1, 0.15) is 55.8 Å². The Hall–Kier alpha value is -2.08. The smallest absolute Gasteiger partial charge is 0.253 e. The van der Waals surface area contributed by atoms with Gasteiger partial charge in [-0.2, -0.15) is 0 Å². The standard InChI is InChI=1S/C20H31N3O3/c1-4-26-17-9-8-15(19(25)23(2)3)12-16(17)22-18(24)13-20(14-21)10-6-5-7-11-20/h8-9,12H,4-7,10-11,13-14,21H2,1-3H3,(H,22,24). The van der Waals surface area contributed by atoms with Crippen molar-refractivity contribution in [1.29, 1.82) is 0 Å². The normalized spacial score (nSPS) is 16.0. The van der Waals surface area contributed by atoms with Gasteiger partial charge < -0.3 is 20.7 Å². The van der Waals surface area contributed by atoms with E-state index in [2.05, 4.69) is 5.32 Å². The highest BCUT2D eigenvalue weighted by molar-refractivity contribution is 5.98. The van der Waals surface area contributed by atoms with E-state index < -0.39 is 0 Å². The molecule has 1 saturated carbocycles. The molecule has 0 bridgehead atoms. The number of nitrogens with two attached hydrogens (primary N) is 1. The number of anilines is 1. The Morgan fingerprint density at radius 3 is 2.50 bits per heavy atom. The summed E-state index contributed by atoms with van der Waals surface area (Å²) in [5.74, 6) is 0.378. The average Bonchev–Trinajstić information content (AvgIpc) is 2.63. The highest BCUT2D eigenvalue weighted by Crippen LogP contribution is 2.39. The van der Waals surface area contributed by atoms with Crippen LogP contribution in [0.2, 0.25) is 0 Å². The molecule has 1 aromatic rings. The third kappa shape index (κ3) is 4.97. The van der Waals surface area contributed by atoms with Crippen molar-refractivity contribution in [2.45, 2.75) is 45.4 Å². The number of hydrogen-bond donors (Lipinski definition) is 2. The predicted molar refractivity (Wildman–Crippen MR) is 103 cm³/mol. The predicted octanol–water partition coefficient (Wildman–Crippen LogP) is 3.02. The second-order valence-corrected chi connectivity index (χ2v) is 7.33. The van der Waals surface area contributed by atoms with Gasteiger partial charge in [-0.3, -0.25) is 9.59 Å². The van der Waals surface area contributed by atoms with Crippen molar-refractivity contribution in [2.24, 2.45) is 11.1 Å². The van der Waals surface area contributed by atoms with Crippen LogP contribution >= 0.6 is 0 Å². The van der Waals surface area contributed by atoms with Gasteiger partial charge >= 0.3 is 0 Å². The molecule has 6 heteroatoms. The van der Waals surface area contributed by atoms with Crippen molar-refractivity contribution < 1.29 is 14.3 Å². The largest absolute Gasteiger partial charge is 0.492 e. The maximum Gasteiger partial charge on any atom is 0.253 e. The zero-order chi connectivity index (χ0) is 19.2. The molecule has 0 saturated heterocycles. The summed E-state index contributed by atoms with van der Waals surface area (Å²) in [5.41, 5.74) is 6.94. The van der Waals surface area contributed by atoms with Crippen LogP contribution in [0.3, 0.4) is 0 Å². The summed E-state index contributed by atoms with van der Waals surface area (Å²) in [6.07, 6.45) is 5.86. The maximum atomic E-state index is 12.7. The SMILES string of the molecule is CCOc1ccc(C(=O)N(C)C)cc1NC(=O)CC1(CN)CCCCC1. The highest BCUT2D eigenvalue weighted by Gasteiger charge is 2.33. The summed E-state index contributed by atoms with van der Waals surface area (Å²) in [7, 11) is 3.40. The molecule has 0 unspecified atom stereocenters. The maximum absolute atomic E-state index is 12.7. The number of carbonyl (C=O) groups excluding carboxylic acids is 2. The van der Waals surface area contributed by atoms with Gasteiger partial charge in [0.05, 0.1) is 12.3 Å². The molecule has 26 heavy (non-hydrogen) atoms. The molecule has 1 fully saturated rings. The van der Waals surface area contributed by atoms with Gasteiger partial charge in [0.15, 0.2) is 0 Å². The lowest BCUT2D eigenvalue weighted by atomic mass is 9.71. The second kappa shape index (κ2) is 9.03. The molecular weight excluding hydrogens is 330 g/mol. The van der Waals surface area contributed by atoms with E-state index in [-0.39, 0.29) is 17.2 Å². The fourth-order valence-electron chi connectivity index (χ4n) is 3.59. The number of hydrogen-bond acceptors (Lipinski definition) is 4. The molecular formula is C20H31N3O3. The van der Waals surface area contributed by atoms with Crippen LogP contribution in [0.5, 0.6) is 5.75 Å². The van der Waals surface area contributed by atoms with Crippen LogP contribution in [0.4, 0.5) is 5.69 Å². The lowest BCUT2D eigenvalue weighted by Gasteiger charge is -2.35. The number of nitrogens with zero attached hydrogens (tertiary/aromatic N) is 1. The molecule has 0 spiro atoms. The van der Waals surface area contributed by atoms with Gasteiger partial charge in [-0.05, 0) is 49.9 Å². The van der Waals surface area contributed by atoms with Crippen LogP contribution < -0.4 is 15.8 Å². The monoisotopic (exact) mass is 361 g/mol. The van der Waals surface area contributed by atoms with Crippen LogP contribution in [0, 0.1) is 5.41 Å². The Morgan fingerprint density at radius 1 is 1.23 bits per heavy atom. The Morgan fingerprint density at radius 2 is 1.92 bits per heavy atom. The van der Waals surface area contributed by atoms with E-state index in [1.54, 1.807) is 32.3 Å². The lowest BCUT2D eigenvalue weighted by molar-refractivity contribution is -0.118. The molecule has 6 nitrogen and oxygen atoms in total. The molecule has 2 rings (SSSR count).